The Morgan fingerprint density at radius 1 is 1.32 bits per heavy atom. The highest BCUT2D eigenvalue weighted by atomic mass is 127. The fourth-order valence-electron chi connectivity index (χ4n) is 1.66. The van der Waals surface area contributed by atoms with E-state index >= 15 is 0 Å². The summed E-state index contributed by atoms with van der Waals surface area (Å²) < 4.78 is 0. The minimum atomic E-state index is 0. The van der Waals surface area contributed by atoms with Crippen LogP contribution in [0.15, 0.2) is 17.1 Å². The molecule has 0 spiro atoms. The summed E-state index contributed by atoms with van der Waals surface area (Å²) in [4.78, 5) is 6.90. The van der Waals surface area contributed by atoms with Gasteiger partial charge in [0, 0.05) is 18.1 Å². The second kappa shape index (κ2) is 8.79. The Hall–Kier alpha value is -0.300. The van der Waals surface area contributed by atoms with Crippen molar-refractivity contribution in [1.29, 1.82) is 0 Å². The standard InChI is InChI=1S/C14H28N4.HI/c1-6-15-13(17-12-9-7-8-10-12)16-11-14(2,3)18(4)5;/h7-8,12H,6,9-11H2,1-5H3,(H2,15,16,17);1H. The van der Waals surface area contributed by atoms with E-state index in [1.807, 2.05) is 0 Å². The molecule has 0 aromatic carbocycles. The molecular formula is C14H29IN4. The summed E-state index contributed by atoms with van der Waals surface area (Å²) in [6, 6.07) is 0.505. The van der Waals surface area contributed by atoms with Gasteiger partial charge in [-0.3, -0.25) is 4.99 Å². The molecular weight excluding hydrogens is 351 g/mol. The molecule has 1 rings (SSSR count). The second-order valence-electron chi connectivity index (χ2n) is 5.69. The summed E-state index contributed by atoms with van der Waals surface area (Å²) in [6.07, 6.45) is 6.65. The molecule has 19 heavy (non-hydrogen) atoms. The van der Waals surface area contributed by atoms with Crippen LogP contribution in [-0.4, -0.2) is 49.6 Å². The van der Waals surface area contributed by atoms with E-state index in [0.29, 0.717) is 6.04 Å². The Balaban J connectivity index is 0.00000324. The molecule has 0 fully saturated rings. The van der Waals surface area contributed by atoms with Crippen molar-refractivity contribution in [3.63, 3.8) is 0 Å². The van der Waals surface area contributed by atoms with Gasteiger partial charge in [-0.25, -0.2) is 0 Å². The Morgan fingerprint density at radius 3 is 2.37 bits per heavy atom. The molecule has 0 saturated heterocycles. The predicted molar refractivity (Wildman–Crippen MR) is 94.5 cm³/mol. The lowest BCUT2D eigenvalue weighted by Crippen LogP contribution is -2.45. The molecule has 5 heteroatoms. The maximum atomic E-state index is 4.69. The van der Waals surface area contributed by atoms with Gasteiger partial charge in [0.2, 0.25) is 0 Å². The van der Waals surface area contributed by atoms with Crippen molar-refractivity contribution in [2.75, 3.05) is 27.2 Å². The van der Waals surface area contributed by atoms with E-state index in [1.165, 1.54) is 0 Å². The van der Waals surface area contributed by atoms with Crippen LogP contribution in [0.25, 0.3) is 0 Å². The maximum Gasteiger partial charge on any atom is 0.191 e. The van der Waals surface area contributed by atoms with E-state index in [2.05, 4.69) is 62.6 Å². The fraction of sp³-hybridized carbons (Fsp3) is 0.786. The van der Waals surface area contributed by atoms with Crippen molar-refractivity contribution in [2.45, 2.75) is 45.2 Å². The van der Waals surface area contributed by atoms with Crippen LogP contribution >= 0.6 is 24.0 Å². The first kappa shape index (κ1) is 18.7. The van der Waals surface area contributed by atoms with Crippen LogP contribution in [0.4, 0.5) is 0 Å². The minimum Gasteiger partial charge on any atom is -0.357 e. The van der Waals surface area contributed by atoms with Gasteiger partial charge >= 0.3 is 0 Å². The van der Waals surface area contributed by atoms with Crippen LogP contribution in [0.3, 0.4) is 0 Å². The molecule has 0 bridgehead atoms. The average molecular weight is 380 g/mol. The third kappa shape index (κ3) is 6.61. The summed E-state index contributed by atoms with van der Waals surface area (Å²) in [5, 5.41) is 6.80. The first-order valence-corrected chi connectivity index (χ1v) is 6.83. The molecule has 0 heterocycles. The van der Waals surface area contributed by atoms with Crippen molar-refractivity contribution >= 4 is 29.9 Å². The van der Waals surface area contributed by atoms with Crippen LogP contribution < -0.4 is 10.6 Å². The number of guanidine groups is 1. The lowest BCUT2D eigenvalue weighted by molar-refractivity contribution is 0.204. The normalized spacial score (nSPS) is 16.6. The molecule has 0 unspecified atom stereocenters. The molecule has 0 amide bonds. The molecule has 0 aromatic heterocycles. The van der Waals surface area contributed by atoms with E-state index in [9.17, 15) is 0 Å². The quantitative estimate of drug-likeness (QED) is 0.333. The van der Waals surface area contributed by atoms with Gasteiger partial charge in [0.1, 0.15) is 0 Å². The zero-order valence-corrected chi connectivity index (χ0v) is 15.2. The summed E-state index contributed by atoms with van der Waals surface area (Å²) >= 11 is 0. The molecule has 4 nitrogen and oxygen atoms in total. The molecule has 1 aliphatic rings. The van der Waals surface area contributed by atoms with Crippen LogP contribution in [0.5, 0.6) is 0 Å². The van der Waals surface area contributed by atoms with Gasteiger partial charge in [-0.1, -0.05) is 12.2 Å². The van der Waals surface area contributed by atoms with Crippen LogP contribution in [-0.2, 0) is 0 Å². The fourth-order valence-corrected chi connectivity index (χ4v) is 1.66. The zero-order valence-electron chi connectivity index (χ0n) is 12.9. The van der Waals surface area contributed by atoms with Crippen molar-refractivity contribution in [2.24, 2.45) is 4.99 Å². The Bertz CT molecular complexity index is 303. The Kier molecular flexibility index (Phi) is 8.65. The third-order valence-corrected chi connectivity index (χ3v) is 3.53. The van der Waals surface area contributed by atoms with Crippen molar-refractivity contribution in [1.82, 2.24) is 15.5 Å². The van der Waals surface area contributed by atoms with Gasteiger partial charge in [0.15, 0.2) is 5.96 Å². The van der Waals surface area contributed by atoms with Crippen molar-refractivity contribution < 1.29 is 0 Å². The molecule has 0 radical (unpaired) electrons. The van der Waals surface area contributed by atoms with Crippen LogP contribution in [0.1, 0.15) is 33.6 Å². The molecule has 0 atom stereocenters. The lowest BCUT2D eigenvalue weighted by atomic mass is 10.1. The van der Waals surface area contributed by atoms with E-state index in [4.69, 9.17) is 4.99 Å². The van der Waals surface area contributed by atoms with Gasteiger partial charge in [-0.2, -0.15) is 0 Å². The van der Waals surface area contributed by atoms with Crippen LogP contribution in [0, 0.1) is 0 Å². The van der Waals surface area contributed by atoms with Gasteiger partial charge in [0.25, 0.3) is 0 Å². The third-order valence-electron chi connectivity index (χ3n) is 3.53. The molecule has 2 N–H and O–H groups in total. The molecule has 0 saturated carbocycles. The molecule has 112 valence electrons. The Labute approximate surface area is 135 Å². The van der Waals surface area contributed by atoms with Crippen LogP contribution in [0.2, 0.25) is 0 Å². The SMILES string of the molecule is CCNC(=NCC(C)(C)N(C)C)NC1CC=CC1.I. The highest BCUT2D eigenvalue weighted by molar-refractivity contribution is 14.0. The number of hydrogen-bond donors (Lipinski definition) is 2. The molecule has 1 aliphatic carbocycles. The average Bonchev–Trinajstić information content (AvgIpc) is 2.79. The van der Waals surface area contributed by atoms with E-state index < -0.39 is 0 Å². The Morgan fingerprint density at radius 2 is 1.89 bits per heavy atom. The molecule has 0 aliphatic heterocycles. The summed E-state index contributed by atoms with van der Waals surface area (Å²) in [5.74, 6) is 0.932. The van der Waals surface area contributed by atoms with E-state index in [-0.39, 0.29) is 29.5 Å². The zero-order chi connectivity index (χ0) is 13.6. The largest absolute Gasteiger partial charge is 0.357 e. The first-order chi connectivity index (χ1) is 8.45. The minimum absolute atomic E-state index is 0. The predicted octanol–water partition coefficient (Wildman–Crippen LogP) is 2.22. The second-order valence-corrected chi connectivity index (χ2v) is 5.69. The lowest BCUT2D eigenvalue weighted by Gasteiger charge is -2.31. The highest BCUT2D eigenvalue weighted by Gasteiger charge is 2.20. The highest BCUT2D eigenvalue weighted by Crippen LogP contribution is 2.11. The number of halogens is 1. The van der Waals surface area contributed by atoms with Gasteiger partial charge in [0.05, 0.1) is 6.54 Å². The maximum absolute atomic E-state index is 4.69. The summed E-state index contributed by atoms with van der Waals surface area (Å²) in [6.45, 7) is 8.19. The number of aliphatic imine (C=N–C) groups is 1. The van der Waals surface area contributed by atoms with Gasteiger partial charge in [-0.15, -0.1) is 24.0 Å². The smallest absolute Gasteiger partial charge is 0.191 e. The summed E-state index contributed by atoms with van der Waals surface area (Å²) in [5.41, 5.74) is 0.0796. The topological polar surface area (TPSA) is 39.7 Å². The first-order valence-electron chi connectivity index (χ1n) is 6.83. The van der Waals surface area contributed by atoms with Gasteiger partial charge in [-0.05, 0) is 47.7 Å². The molecule has 0 aromatic rings. The van der Waals surface area contributed by atoms with E-state index in [1.54, 1.807) is 0 Å². The number of rotatable bonds is 5. The number of nitrogens with zero attached hydrogens (tertiary/aromatic N) is 2. The number of likely N-dealkylation sites (N-methyl/N-ethyl adjacent to an activating group) is 1. The van der Waals surface area contributed by atoms with Crippen molar-refractivity contribution in [3.05, 3.63) is 12.2 Å². The number of nitrogens with one attached hydrogen (secondary N) is 2. The summed E-state index contributed by atoms with van der Waals surface area (Å²) in [7, 11) is 4.19. The monoisotopic (exact) mass is 380 g/mol. The number of hydrogen-bond acceptors (Lipinski definition) is 2. The van der Waals surface area contributed by atoms with E-state index in [0.717, 1.165) is 31.9 Å². The van der Waals surface area contributed by atoms with Crippen molar-refractivity contribution in [3.8, 4) is 0 Å². The van der Waals surface area contributed by atoms with Gasteiger partial charge < -0.3 is 15.5 Å².